The number of oxazole rings is 1. The minimum Gasteiger partial charge on any atom is -0.436 e. The molecule has 4 aromatic rings. The number of hydrogen-bond acceptors (Lipinski definition) is 3. The highest BCUT2D eigenvalue weighted by Crippen LogP contribution is 2.34. The SMILES string of the molecule is CC(C)c1ccccc1-c1ccc2c(c1)=NC1=Cc3oc(-c4ccccc4)nc3CC=21. The van der Waals surface area contributed by atoms with Gasteiger partial charge in [0, 0.05) is 23.3 Å². The zero-order valence-corrected chi connectivity index (χ0v) is 17.6. The molecule has 31 heavy (non-hydrogen) atoms. The van der Waals surface area contributed by atoms with Gasteiger partial charge in [0.25, 0.3) is 0 Å². The Morgan fingerprint density at radius 3 is 2.52 bits per heavy atom. The Kier molecular flexibility index (Phi) is 4.03. The summed E-state index contributed by atoms with van der Waals surface area (Å²) in [5.41, 5.74) is 8.07. The molecule has 2 heterocycles. The van der Waals surface area contributed by atoms with Gasteiger partial charge in [-0.3, -0.25) is 0 Å². The predicted molar refractivity (Wildman–Crippen MR) is 124 cm³/mol. The second-order valence-corrected chi connectivity index (χ2v) is 8.47. The van der Waals surface area contributed by atoms with Gasteiger partial charge in [-0.05, 0) is 46.4 Å². The molecule has 3 nitrogen and oxygen atoms in total. The van der Waals surface area contributed by atoms with Gasteiger partial charge in [-0.15, -0.1) is 0 Å². The van der Waals surface area contributed by atoms with Crippen molar-refractivity contribution in [3.8, 4) is 22.6 Å². The van der Waals surface area contributed by atoms with Gasteiger partial charge >= 0.3 is 0 Å². The van der Waals surface area contributed by atoms with Crippen molar-refractivity contribution in [2.24, 2.45) is 4.99 Å². The lowest BCUT2D eigenvalue weighted by Gasteiger charge is -2.12. The molecular formula is C28H22N2O. The molecule has 1 aliphatic carbocycles. The molecule has 0 unspecified atom stereocenters. The van der Waals surface area contributed by atoms with Crippen molar-refractivity contribution in [2.45, 2.75) is 26.2 Å². The van der Waals surface area contributed by atoms with Crippen LogP contribution in [0.1, 0.15) is 36.8 Å². The van der Waals surface area contributed by atoms with Gasteiger partial charge in [-0.1, -0.05) is 68.4 Å². The summed E-state index contributed by atoms with van der Waals surface area (Å²) >= 11 is 0. The largest absolute Gasteiger partial charge is 0.436 e. The molecule has 3 aromatic carbocycles. The first kappa shape index (κ1) is 18.1. The number of hydrogen-bond donors (Lipinski definition) is 0. The standard InChI is InChI=1S/C28H22N2O/c1-17(2)20-10-6-7-11-21(20)19-12-13-22-23-15-26-27(16-25(23)29-24(22)14-19)31-28(30-26)18-8-4-3-5-9-18/h3-14,16-17H,15H2,1-2H3. The summed E-state index contributed by atoms with van der Waals surface area (Å²) < 4.78 is 6.07. The Balaban J connectivity index is 1.43. The van der Waals surface area contributed by atoms with Crippen LogP contribution in [0.2, 0.25) is 0 Å². The van der Waals surface area contributed by atoms with E-state index in [1.807, 2.05) is 36.4 Å². The number of benzene rings is 3. The van der Waals surface area contributed by atoms with Crippen LogP contribution in [0.15, 0.2) is 87.9 Å². The average Bonchev–Trinajstić information content (AvgIpc) is 3.38. The first-order valence-corrected chi connectivity index (χ1v) is 10.8. The zero-order valence-electron chi connectivity index (χ0n) is 17.6. The van der Waals surface area contributed by atoms with Crippen LogP contribution in [0.5, 0.6) is 0 Å². The molecule has 0 atom stereocenters. The highest BCUT2D eigenvalue weighted by molar-refractivity contribution is 5.81. The summed E-state index contributed by atoms with van der Waals surface area (Å²) in [4.78, 5) is 9.73. The van der Waals surface area contributed by atoms with Crippen LogP contribution in [0, 0.1) is 0 Å². The molecule has 0 bridgehead atoms. The van der Waals surface area contributed by atoms with Crippen LogP contribution in [0.4, 0.5) is 0 Å². The third-order valence-electron chi connectivity index (χ3n) is 6.13. The van der Waals surface area contributed by atoms with Crippen LogP contribution in [-0.4, -0.2) is 4.98 Å². The minimum atomic E-state index is 0.474. The molecule has 1 aliphatic heterocycles. The van der Waals surface area contributed by atoms with Gasteiger partial charge in [-0.2, -0.15) is 0 Å². The number of fused-ring (bicyclic) bond motifs is 3. The topological polar surface area (TPSA) is 38.4 Å². The van der Waals surface area contributed by atoms with Gasteiger partial charge in [-0.25, -0.2) is 9.98 Å². The van der Waals surface area contributed by atoms with E-state index in [0.717, 1.165) is 34.5 Å². The quantitative estimate of drug-likeness (QED) is 0.453. The summed E-state index contributed by atoms with van der Waals surface area (Å²) in [5.74, 6) is 1.96. The van der Waals surface area contributed by atoms with Crippen molar-refractivity contribution < 1.29 is 4.42 Å². The molecule has 0 fully saturated rings. The molecule has 0 spiro atoms. The van der Waals surface area contributed by atoms with E-state index in [-0.39, 0.29) is 0 Å². The van der Waals surface area contributed by atoms with E-state index in [9.17, 15) is 0 Å². The lowest BCUT2D eigenvalue weighted by Crippen LogP contribution is -2.23. The fourth-order valence-corrected chi connectivity index (χ4v) is 4.55. The summed E-state index contributed by atoms with van der Waals surface area (Å²) in [6.07, 6.45) is 2.78. The molecule has 3 heteroatoms. The lowest BCUT2D eigenvalue weighted by molar-refractivity contribution is 0.562. The van der Waals surface area contributed by atoms with Gasteiger partial charge in [0.15, 0.2) is 5.76 Å². The van der Waals surface area contributed by atoms with E-state index in [1.54, 1.807) is 0 Å². The zero-order chi connectivity index (χ0) is 20.9. The molecule has 0 saturated carbocycles. The van der Waals surface area contributed by atoms with E-state index >= 15 is 0 Å². The van der Waals surface area contributed by atoms with Gasteiger partial charge in [0.2, 0.25) is 5.89 Å². The van der Waals surface area contributed by atoms with Crippen molar-refractivity contribution in [1.29, 1.82) is 0 Å². The Bertz CT molecular complexity index is 1470. The molecular weight excluding hydrogens is 380 g/mol. The van der Waals surface area contributed by atoms with Crippen LogP contribution < -0.4 is 10.6 Å². The average molecular weight is 402 g/mol. The van der Waals surface area contributed by atoms with Crippen molar-refractivity contribution >= 4 is 11.6 Å². The maximum atomic E-state index is 6.07. The molecule has 1 aromatic heterocycles. The molecule has 150 valence electrons. The van der Waals surface area contributed by atoms with Crippen molar-refractivity contribution in [1.82, 2.24) is 4.98 Å². The van der Waals surface area contributed by atoms with Gasteiger partial charge in [0.1, 0.15) is 0 Å². The van der Waals surface area contributed by atoms with Gasteiger partial charge in [0.05, 0.1) is 16.7 Å². The normalized spacial score (nSPS) is 14.0. The second kappa shape index (κ2) is 6.92. The molecule has 0 N–H and O–H groups in total. The molecule has 0 amide bonds. The Labute approximate surface area is 181 Å². The van der Waals surface area contributed by atoms with Gasteiger partial charge < -0.3 is 4.42 Å². The van der Waals surface area contributed by atoms with E-state index in [1.165, 1.54) is 27.5 Å². The number of aromatic nitrogens is 1. The number of allylic oxidation sites excluding steroid dienone is 1. The Morgan fingerprint density at radius 1 is 0.871 bits per heavy atom. The van der Waals surface area contributed by atoms with E-state index in [4.69, 9.17) is 14.4 Å². The summed E-state index contributed by atoms with van der Waals surface area (Å²) in [6.45, 7) is 4.48. The lowest BCUT2D eigenvalue weighted by atomic mass is 9.92. The molecule has 0 saturated heterocycles. The summed E-state index contributed by atoms with van der Waals surface area (Å²) in [6, 6.07) is 25.3. The van der Waals surface area contributed by atoms with Crippen LogP contribution >= 0.6 is 0 Å². The first-order valence-electron chi connectivity index (χ1n) is 10.8. The Hall–Kier alpha value is -3.72. The van der Waals surface area contributed by atoms with Crippen molar-refractivity contribution in [3.05, 3.63) is 106 Å². The van der Waals surface area contributed by atoms with Crippen molar-refractivity contribution in [2.75, 3.05) is 0 Å². The third-order valence-corrected chi connectivity index (χ3v) is 6.13. The van der Waals surface area contributed by atoms with Crippen LogP contribution in [0.25, 0.3) is 34.2 Å². The molecule has 6 rings (SSSR count). The second-order valence-electron chi connectivity index (χ2n) is 8.47. The number of rotatable bonds is 3. The maximum absolute atomic E-state index is 6.07. The highest BCUT2D eigenvalue weighted by atomic mass is 16.4. The molecule has 2 aliphatic rings. The van der Waals surface area contributed by atoms with E-state index < -0.39 is 0 Å². The predicted octanol–water partition coefficient (Wildman–Crippen LogP) is 5.51. The smallest absolute Gasteiger partial charge is 0.226 e. The third kappa shape index (κ3) is 2.97. The van der Waals surface area contributed by atoms with E-state index in [0.29, 0.717) is 11.8 Å². The van der Waals surface area contributed by atoms with Crippen LogP contribution in [0.3, 0.4) is 0 Å². The monoisotopic (exact) mass is 402 g/mol. The summed E-state index contributed by atoms with van der Waals surface area (Å²) in [7, 11) is 0. The first-order chi connectivity index (χ1) is 15.2. The summed E-state index contributed by atoms with van der Waals surface area (Å²) in [5, 5.41) is 2.23. The fourth-order valence-electron chi connectivity index (χ4n) is 4.55. The highest BCUT2D eigenvalue weighted by Gasteiger charge is 2.25. The Morgan fingerprint density at radius 2 is 1.68 bits per heavy atom. The van der Waals surface area contributed by atoms with Crippen molar-refractivity contribution in [3.63, 3.8) is 0 Å². The van der Waals surface area contributed by atoms with Crippen LogP contribution in [-0.2, 0) is 6.42 Å². The minimum absolute atomic E-state index is 0.474. The number of nitrogens with zero attached hydrogens (tertiary/aromatic N) is 2. The van der Waals surface area contributed by atoms with E-state index in [2.05, 4.69) is 56.3 Å². The fraction of sp³-hybridized carbons (Fsp3) is 0.143. The maximum Gasteiger partial charge on any atom is 0.226 e. The molecule has 0 radical (unpaired) electrons.